The highest BCUT2D eigenvalue weighted by molar-refractivity contribution is 5.66. The Morgan fingerprint density at radius 2 is 2.29 bits per heavy atom. The Morgan fingerprint density at radius 3 is 2.71 bits per heavy atom. The maximum atomic E-state index is 10.9. The fourth-order valence-corrected chi connectivity index (χ4v) is 1.78. The molecule has 3 heteroatoms. The maximum absolute atomic E-state index is 10.9. The van der Waals surface area contributed by atoms with Crippen molar-refractivity contribution in [2.24, 2.45) is 11.7 Å². The van der Waals surface area contributed by atoms with Crippen molar-refractivity contribution in [3.63, 3.8) is 0 Å². The molecule has 0 radical (unpaired) electrons. The van der Waals surface area contributed by atoms with Gasteiger partial charge in [-0.3, -0.25) is 0 Å². The molecule has 3 N–H and O–H groups in total. The summed E-state index contributed by atoms with van der Waals surface area (Å²) in [5, 5.41) is 3.11. The Bertz CT molecular complexity index is 290. The van der Waals surface area contributed by atoms with Crippen molar-refractivity contribution in [1.82, 2.24) is 5.32 Å². The lowest BCUT2D eigenvalue weighted by molar-refractivity contribution is -0.108. The summed E-state index contributed by atoms with van der Waals surface area (Å²) >= 11 is 0. The van der Waals surface area contributed by atoms with E-state index >= 15 is 0 Å². The SMILES string of the molecule is CC1=CC(C(C)C)=C(CN)C(C=O)N1. The van der Waals surface area contributed by atoms with Crippen molar-refractivity contribution < 1.29 is 4.79 Å². The summed E-state index contributed by atoms with van der Waals surface area (Å²) in [5.74, 6) is 0.410. The van der Waals surface area contributed by atoms with E-state index in [4.69, 9.17) is 5.73 Å². The highest BCUT2D eigenvalue weighted by atomic mass is 16.1. The van der Waals surface area contributed by atoms with Gasteiger partial charge in [-0.15, -0.1) is 0 Å². The highest BCUT2D eigenvalue weighted by Crippen LogP contribution is 2.23. The van der Waals surface area contributed by atoms with Crippen molar-refractivity contribution in [3.05, 3.63) is 22.9 Å². The summed E-state index contributed by atoms with van der Waals surface area (Å²) in [6, 6.07) is -0.234. The van der Waals surface area contributed by atoms with Crippen LogP contribution in [-0.4, -0.2) is 18.9 Å². The summed E-state index contributed by atoms with van der Waals surface area (Å²) in [7, 11) is 0. The molecule has 14 heavy (non-hydrogen) atoms. The fraction of sp³-hybridized carbons (Fsp3) is 0.545. The van der Waals surface area contributed by atoms with Gasteiger partial charge in [0.05, 0.1) is 0 Å². The van der Waals surface area contributed by atoms with Crippen LogP contribution in [0.1, 0.15) is 20.8 Å². The highest BCUT2D eigenvalue weighted by Gasteiger charge is 2.21. The van der Waals surface area contributed by atoms with Gasteiger partial charge in [-0.05, 0) is 30.1 Å². The molecule has 0 aromatic carbocycles. The molecule has 0 aromatic rings. The quantitative estimate of drug-likeness (QED) is 0.658. The Kier molecular flexibility index (Phi) is 3.47. The number of nitrogens with two attached hydrogens (primary N) is 1. The van der Waals surface area contributed by atoms with E-state index < -0.39 is 0 Å². The lowest BCUT2D eigenvalue weighted by atomic mass is 9.90. The van der Waals surface area contributed by atoms with Gasteiger partial charge >= 0.3 is 0 Å². The molecule has 0 spiro atoms. The molecule has 0 fully saturated rings. The third kappa shape index (κ3) is 2.04. The van der Waals surface area contributed by atoms with Crippen LogP contribution in [0, 0.1) is 5.92 Å². The molecule has 78 valence electrons. The van der Waals surface area contributed by atoms with E-state index in [0.717, 1.165) is 17.6 Å². The zero-order valence-electron chi connectivity index (χ0n) is 9.00. The largest absolute Gasteiger partial charge is 0.376 e. The minimum atomic E-state index is -0.234. The maximum Gasteiger partial charge on any atom is 0.146 e. The first-order chi connectivity index (χ1) is 6.60. The van der Waals surface area contributed by atoms with Crippen LogP contribution in [0.3, 0.4) is 0 Å². The van der Waals surface area contributed by atoms with Gasteiger partial charge in [0, 0.05) is 12.2 Å². The molecule has 1 aliphatic rings. The number of allylic oxidation sites excluding steroid dienone is 3. The number of dihydropyridines is 1. The van der Waals surface area contributed by atoms with Crippen molar-refractivity contribution in [3.8, 4) is 0 Å². The van der Waals surface area contributed by atoms with Crippen LogP contribution in [0.25, 0.3) is 0 Å². The second-order valence-corrected chi connectivity index (χ2v) is 3.92. The Balaban J connectivity index is 3.12. The van der Waals surface area contributed by atoms with E-state index in [2.05, 4.69) is 25.2 Å². The average molecular weight is 194 g/mol. The molecule has 0 aromatic heterocycles. The number of carbonyl (C=O) groups excluding carboxylic acids is 1. The van der Waals surface area contributed by atoms with Gasteiger partial charge in [0.1, 0.15) is 12.3 Å². The van der Waals surface area contributed by atoms with Crippen molar-refractivity contribution >= 4 is 6.29 Å². The van der Waals surface area contributed by atoms with Crippen molar-refractivity contribution in [2.75, 3.05) is 6.54 Å². The van der Waals surface area contributed by atoms with Crippen molar-refractivity contribution in [1.29, 1.82) is 0 Å². The number of rotatable bonds is 3. The zero-order valence-corrected chi connectivity index (χ0v) is 9.00. The predicted octanol–water partition coefficient (Wildman–Crippen LogP) is 0.972. The minimum Gasteiger partial charge on any atom is -0.376 e. The number of carbonyl (C=O) groups is 1. The molecule has 0 aliphatic carbocycles. The Hall–Kier alpha value is -1.09. The summed E-state index contributed by atoms with van der Waals surface area (Å²) in [6.07, 6.45) is 2.99. The van der Waals surface area contributed by atoms with Crippen LogP contribution >= 0.6 is 0 Å². The molecular weight excluding hydrogens is 176 g/mol. The Morgan fingerprint density at radius 1 is 1.64 bits per heavy atom. The number of nitrogens with one attached hydrogen (secondary N) is 1. The lowest BCUT2D eigenvalue weighted by Gasteiger charge is -2.27. The summed E-state index contributed by atoms with van der Waals surface area (Å²) < 4.78 is 0. The molecule has 1 rings (SSSR count). The van der Waals surface area contributed by atoms with E-state index in [1.807, 2.05) is 6.92 Å². The van der Waals surface area contributed by atoms with Crippen LogP contribution < -0.4 is 11.1 Å². The van der Waals surface area contributed by atoms with Crippen LogP contribution in [0.5, 0.6) is 0 Å². The van der Waals surface area contributed by atoms with Gasteiger partial charge < -0.3 is 15.8 Å². The molecule has 3 nitrogen and oxygen atoms in total. The zero-order chi connectivity index (χ0) is 10.7. The smallest absolute Gasteiger partial charge is 0.146 e. The molecule has 1 atom stereocenters. The Labute approximate surface area is 85.1 Å². The second-order valence-electron chi connectivity index (χ2n) is 3.92. The first-order valence-electron chi connectivity index (χ1n) is 4.93. The van der Waals surface area contributed by atoms with Crippen LogP contribution in [0.4, 0.5) is 0 Å². The summed E-state index contributed by atoms with van der Waals surface area (Å²) in [6.45, 7) is 6.63. The standard InChI is InChI=1S/C11H18N2O/c1-7(2)9-4-8(3)13-11(6-14)10(9)5-12/h4,6-7,11,13H,5,12H2,1-3H3. The van der Waals surface area contributed by atoms with Gasteiger partial charge in [-0.25, -0.2) is 0 Å². The van der Waals surface area contributed by atoms with Crippen LogP contribution in [0.15, 0.2) is 22.9 Å². The number of hydrogen-bond acceptors (Lipinski definition) is 3. The minimum absolute atomic E-state index is 0.234. The average Bonchev–Trinajstić information content (AvgIpc) is 2.16. The van der Waals surface area contributed by atoms with Crippen LogP contribution in [-0.2, 0) is 4.79 Å². The van der Waals surface area contributed by atoms with Gasteiger partial charge in [-0.2, -0.15) is 0 Å². The topological polar surface area (TPSA) is 55.1 Å². The molecule has 1 aliphatic heterocycles. The third-order valence-electron chi connectivity index (χ3n) is 2.48. The van der Waals surface area contributed by atoms with E-state index in [9.17, 15) is 4.79 Å². The van der Waals surface area contributed by atoms with Gasteiger partial charge in [0.2, 0.25) is 0 Å². The molecule has 0 bridgehead atoms. The molecular formula is C11H18N2O. The van der Waals surface area contributed by atoms with E-state index in [1.54, 1.807) is 0 Å². The van der Waals surface area contributed by atoms with E-state index in [0.29, 0.717) is 12.5 Å². The third-order valence-corrected chi connectivity index (χ3v) is 2.48. The lowest BCUT2D eigenvalue weighted by Crippen LogP contribution is -2.37. The van der Waals surface area contributed by atoms with Crippen LogP contribution in [0.2, 0.25) is 0 Å². The first-order valence-corrected chi connectivity index (χ1v) is 4.93. The summed E-state index contributed by atoms with van der Waals surface area (Å²) in [5.41, 5.74) is 8.90. The second kappa shape index (κ2) is 4.42. The predicted molar refractivity (Wildman–Crippen MR) is 57.7 cm³/mol. The summed E-state index contributed by atoms with van der Waals surface area (Å²) in [4.78, 5) is 10.9. The normalized spacial score (nSPS) is 22.1. The monoisotopic (exact) mass is 194 g/mol. The molecule has 0 amide bonds. The molecule has 1 unspecified atom stereocenters. The first kappa shape index (κ1) is 11.0. The van der Waals surface area contributed by atoms with Gasteiger partial charge in [0.25, 0.3) is 0 Å². The molecule has 0 saturated carbocycles. The van der Waals surface area contributed by atoms with E-state index in [1.165, 1.54) is 5.57 Å². The number of aldehydes is 1. The fourth-order valence-electron chi connectivity index (χ4n) is 1.78. The number of hydrogen-bond donors (Lipinski definition) is 2. The van der Waals surface area contributed by atoms with Crippen molar-refractivity contribution in [2.45, 2.75) is 26.8 Å². The van der Waals surface area contributed by atoms with Gasteiger partial charge in [0.15, 0.2) is 0 Å². The van der Waals surface area contributed by atoms with Gasteiger partial charge in [-0.1, -0.05) is 13.8 Å². The molecule has 1 heterocycles. The molecule has 0 saturated heterocycles. The van der Waals surface area contributed by atoms with E-state index in [-0.39, 0.29) is 6.04 Å².